The molecule has 0 aliphatic carbocycles. The van der Waals surface area contributed by atoms with Crippen LogP contribution in [0.5, 0.6) is 5.75 Å². The first-order valence-corrected chi connectivity index (χ1v) is 13.2. The third kappa shape index (κ3) is 5.06. The molecule has 0 saturated carbocycles. The van der Waals surface area contributed by atoms with E-state index in [1.165, 1.54) is 10.6 Å². The number of fused-ring (bicyclic) bond motifs is 1. The van der Waals surface area contributed by atoms with Crippen LogP contribution in [0.1, 0.15) is 0 Å². The maximum atomic E-state index is 11.8. The Hall–Kier alpha value is -3.69. The summed E-state index contributed by atoms with van der Waals surface area (Å²) in [7, 11) is -1.50. The molecule has 5 rings (SSSR count). The van der Waals surface area contributed by atoms with Crippen LogP contribution in [0.15, 0.2) is 72.9 Å². The third-order valence-electron chi connectivity index (χ3n) is 6.19. The SMILES string of the molecule is COc1ccc(-c2cccc3cnc(Nc4cccc(N5CCN(S(C)(=O)=O)CC5)c4)nc23)cc1. The highest BCUT2D eigenvalue weighted by molar-refractivity contribution is 7.88. The van der Waals surface area contributed by atoms with Crippen molar-refractivity contribution in [1.29, 1.82) is 0 Å². The Labute approximate surface area is 205 Å². The summed E-state index contributed by atoms with van der Waals surface area (Å²) in [5, 5.41) is 4.29. The smallest absolute Gasteiger partial charge is 0.227 e. The first kappa shape index (κ1) is 23.1. The van der Waals surface area contributed by atoms with Crippen molar-refractivity contribution in [3.8, 4) is 16.9 Å². The van der Waals surface area contributed by atoms with Gasteiger partial charge in [-0.2, -0.15) is 4.31 Å². The van der Waals surface area contributed by atoms with Crippen molar-refractivity contribution in [2.75, 3.05) is 49.8 Å². The molecule has 180 valence electrons. The number of hydrogen-bond acceptors (Lipinski definition) is 7. The largest absolute Gasteiger partial charge is 0.497 e. The first-order chi connectivity index (χ1) is 16.9. The average Bonchev–Trinajstić information content (AvgIpc) is 2.88. The van der Waals surface area contributed by atoms with Crippen LogP contribution in [0, 0.1) is 0 Å². The van der Waals surface area contributed by atoms with E-state index in [4.69, 9.17) is 9.72 Å². The van der Waals surface area contributed by atoms with Gasteiger partial charge in [0.2, 0.25) is 16.0 Å². The molecule has 1 aliphatic rings. The van der Waals surface area contributed by atoms with Gasteiger partial charge in [0.25, 0.3) is 0 Å². The minimum Gasteiger partial charge on any atom is -0.497 e. The van der Waals surface area contributed by atoms with Gasteiger partial charge in [-0.3, -0.25) is 0 Å². The molecule has 3 aromatic carbocycles. The van der Waals surface area contributed by atoms with Gasteiger partial charge in [0.15, 0.2) is 0 Å². The fourth-order valence-electron chi connectivity index (χ4n) is 4.31. The Kier molecular flexibility index (Phi) is 6.27. The molecule has 1 N–H and O–H groups in total. The molecule has 1 aromatic heterocycles. The number of anilines is 3. The van der Waals surface area contributed by atoms with Gasteiger partial charge in [0, 0.05) is 54.7 Å². The molecule has 1 saturated heterocycles. The van der Waals surface area contributed by atoms with Crippen molar-refractivity contribution in [3.05, 3.63) is 72.9 Å². The molecule has 9 heteroatoms. The number of rotatable bonds is 6. The number of ether oxygens (including phenoxy) is 1. The van der Waals surface area contributed by atoms with Gasteiger partial charge in [0.1, 0.15) is 5.75 Å². The lowest BCUT2D eigenvalue weighted by molar-refractivity contribution is 0.388. The number of nitrogens with one attached hydrogen (secondary N) is 1. The maximum Gasteiger partial charge on any atom is 0.227 e. The minimum atomic E-state index is -3.15. The number of hydrogen-bond donors (Lipinski definition) is 1. The predicted molar refractivity (Wildman–Crippen MR) is 140 cm³/mol. The summed E-state index contributed by atoms with van der Waals surface area (Å²) in [6.07, 6.45) is 3.09. The normalized spacial score (nSPS) is 14.7. The third-order valence-corrected chi connectivity index (χ3v) is 7.49. The van der Waals surface area contributed by atoms with Crippen molar-refractivity contribution >= 4 is 38.2 Å². The van der Waals surface area contributed by atoms with Crippen LogP contribution in [-0.2, 0) is 10.0 Å². The quantitative estimate of drug-likeness (QED) is 0.436. The van der Waals surface area contributed by atoms with Crippen LogP contribution in [-0.4, -0.2) is 62.2 Å². The van der Waals surface area contributed by atoms with Crippen LogP contribution in [0.25, 0.3) is 22.0 Å². The second-order valence-electron chi connectivity index (χ2n) is 8.49. The van der Waals surface area contributed by atoms with E-state index in [1.54, 1.807) is 7.11 Å². The summed E-state index contributed by atoms with van der Waals surface area (Å²) in [5.41, 5.74) is 4.84. The maximum absolute atomic E-state index is 11.8. The molecule has 0 spiro atoms. The number of aromatic nitrogens is 2. The summed E-state index contributed by atoms with van der Waals surface area (Å²) in [4.78, 5) is 11.5. The van der Waals surface area contributed by atoms with E-state index in [-0.39, 0.29) is 0 Å². The van der Waals surface area contributed by atoms with E-state index in [0.717, 1.165) is 39.2 Å². The molecule has 0 atom stereocenters. The second-order valence-corrected chi connectivity index (χ2v) is 10.5. The van der Waals surface area contributed by atoms with Gasteiger partial charge in [0.05, 0.1) is 18.9 Å². The van der Waals surface area contributed by atoms with E-state index in [9.17, 15) is 8.42 Å². The molecule has 35 heavy (non-hydrogen) atoms. The highest BCUT2D eigenvalue weighted by Gasteiger charge is 2.23. The molecule has 0 radical (unpaired) electrons. The molecule has 0 amide bonds. The summed E-state index contributed by atoms with van der Waals surface area (Å²) < 4.78 is 30.4. The Balaban J connectivity index is 1.38. The molecule has 8 nitrogen and oxygen atoms in total. The average molecular weight is 490 g/mol. The number of para-hydroxylation sites is 1. The fraction of sp³-hybridized carbons (Fsp3) is 0.231. The predicted octanol–water partition coefficient (Wildman–Crippen LogP) is 4.13. The van der Waals surface area contributed by atoms with E-state index in [1.807, 2.05) is 66.9 Å². The lowest BCUT2D eigenvalue weighted by Gasteiger charge is -2.34. The number of sulfonamides is 1. The number of methoxy groups -OCH3 is 1. The van der Waals surface area contributed by atoms with Crippen molar-refractivity contribution in [2.45, 2.75) is 0 Å². The van der Waals surface area contributed by atoms with Crippen LogP contribution in [0.2, 0.25) is 0 Å². The van der Waals surface area contributed by atoms with E-state index >= 15 is 0 Å². The topological polar surface area (TPSA) is 87.7 Å². The van der Waals surface area contributed by atoms with Crippen molar-refractivity contribution in [3.63, 3.8) is 0 Å². The lowest BCUT2D eigenvalue weighted by atomic mass is 10.0. The highest BCUT2D eigenvalue weighted by atomic mass is 32.2. The Morgan fingerprint density at radius 3 is 2.40 bits per heavy atom. The van der Waals surface area contributed by atoms with Gasteiger partial charge in [-0.25, -0.2) is 18.4 Å². The molecule has 0 unspecified atom stereocenters. The van der Waals surface area contributed by atoms with Gasteiger partial charge in [-0.05, 0) is 35.9 Å². The van der Waals surface area contributed by atoms with Crippen molar-refractivity contribution < 1.29 is 13.2 Å². The molecule has 4 aromatic rings. The molecular formula is C26H27N5O3S. The summed E-state index contributed by atoms with van der Waals surface area (Å²) in [6.45, 7) is 2.26. The molecule has 2 heterocycles. The molecule has 0 bridgehead atoms. The lowest BCUT2D eigenvalue weighted by Crippen LogP contribution is -2.48. The van der Waals surface area contributed by atoms with Crippen LogP contribution in [0.4, 0.5) is 17.3 Å². The van der Waals surface area contributed by atoms with Crippen molar-refractivity contribution in [1.82, 2.24) is 14.3 Å². The number of nitrogens with zero attached hydrogens (tertiary/aromatic N) is 4. The Bertz CT molecular complexity index is 1450. The molecule has 1 fully saturated rings. The monoisotopic (exact) mass is 489 g/mol. The highest BCUT2D eigenvalue weighted by Crippen LogP contribution is 2.30. The second kappa shape index (κ2) is 9.52. The summed E-state index contributed by atoms with van der Waals surface area (Å²) >= 11 is 0. The van der Waals surface area contributed by atoms with Gasteiger partial charge >= 0.3 is 0 Å². The van der Waals surface area contributed by atoms with Gasteiger partial charge in [-0.1, -0.05) is 36.4 Å². The number of piperazine rings is 1. The summed E-state index contributed by atoms with van der Waals surface area (Å²) in [5.74, 6) is 1.32. The van der Waals surface area contributed by atoms with Crippen molar-refractivity contribution in [2.24, 2.45) is 0 Å². The Morgan fingerprint density at radius 2 is 1.69 bits per heavy atom. The van der Waals surface area contributed by atoms with E-state index in [2.05, 4.69) is 21.3 Å². The van der Waals surface area contributed by atoms with Crippen LogP contribution in [0.3, 0.4) is 0 Å². The molecular weight excluding hydrogens is 462 g/mol. The van der Waals surface area contributed by atoms with Crippen LogP contribution < -0.4 is 15.0 Å². The van der Waals surface area contributed by atoms with Gasteiger partial charge < -0.3 is 15.0 Å². The zero-order valence-electron chi connectivity index (χ0n) is 19.7. The minimum absolute atomic E-state index is 0.485. The van der Waals surface area contributed by atoms with E-state index in [0.29, 0.717) is 32.1 Å². The molecule has 1 aliphatic heterocycles. The van der Waals surface area contributed by atoms with Gasteiger partial charge in [-0.15, -0.1) is 0 Å². The van der Waals surface area contributed by atoms with Crippen LogP contribution >= 0.6 is 0 Å². The number of benzene rings is 3. The first-order valence-electron chi connectivity index (χ1n) is 11.4. The summed E-state index contributed by atoms with van der Waals surface area (Å²) in [6, 6.07) is 22.0. The zero-order chi connectivity index (χ0) is 24.4. The fourth-order valence-corrected chi connectivity index (χ4v) is 5.13. The zero-order valence-corrected chi connectivity index (χ0v) is 20.5. The Morgan fingerprint density at radius 1 is 0.943 bits per heavy atom. The van der Waals surface area contributed by atoms with E-state index < -0.39 is 10.0 Å². The standard InChI is InChI=1S/C26H27N5O3S/c1-34-23-11-9-19(10-12-23)24-8-3-5-20-18-27-26(29-25(20)24)28-21-6-4-7-22(17-21)30-13-15-31(16-14-30)35(2,32)33/h3-12,17-18H,13-16H2,1-2H3,(H,27,28,29).